The third-order valence-electron chi connectivity index (χ3n) is 9.47. The van der Waals surface area contributed by atoms with Crippen molar-refractivity contribution < 1.29 is 4.42 Å². The normalized spacial score (nSPS) is 11.6. The maximum Gasteiger partial charge on any atom is 0.238 e. The average molecular weight is 641 g/mol. The highest BCUT2D eigenvalue weighted by molar-refractivity contribution is 6.14. The largest absolute Gasteiger partial charge is 0.456 e. The van der Waals surface area contributed by atoms with Crippen molar-refractivity contribution in [3.05, 3.63) is 170 Å². The van der Waals surface area contributed by atoms with Gasteiger partial charge in [0.1, 0.15) is 11.2 Å². The van der Waals surface area contributed by atoms with Crippen molar-refractivity contribution in [2.75, 3.05) is 0 Å². The zero-order valence-corrected chi connectivity index (χ0v) is 26.9. The highest BCUT2D eigenvalue weighted by Gasteiger charge is 2.21. The van der Waals surface area contributed by atoms with Gasteiger partial charge in [-0.3, -0.25) is 4.57 Å². The van der Waals surface area contributed by atoms with Crippen LogP contribution in [0.3, 0.4) is 0 Å². The lowest BCUT2D eigenvalue weighted by Crippen LogP contribution is -2.06. The van der Waals surface area contributed by atoms with Crippen LogP contribution in [0.15, 0.2) is 174 Å². The highest BCUT2D eigenvalue weighted by Crippen LogP contribution is 2.40. The van der Waals surface area contributed by atoms with Crippen molar-refractivity contribution in [1.82, 2.24) is 19.5 Å². The molecule has 0 spiro atoms. The number of para-hydroxylation sites is 2. The number of nitrogens with zero attached hydrogens (tertiary/aromatic N) is 4. The molecule has 5 nitrogen and oxygen atoms in total. The topological polar surface area (TPSA) is 56.7 Å². The fraction of sp³-hybridized carbons (Fsp3) is 0. The van der Waals surface area contributed by atoms with E-state index in [1.807, 2.05) is 66.7 Å². The van der Waals surface area contributed by atoms with Gasteiger partial charge in [0.15, 0.2) is 11.6 Å². The molecule has 7 aromatic carbocycles. The standard InChI is InChI=1S/C45H28N4O/c1-4-13-29(14-5-1)32-23-25-36-37-26-24-33(28-41(37)50-40(36)27-32)34-20-12-21-38-35-19-10-11-22-39(35)49(42(34)38)45-47-43(30-15-6-2-7-16-30)46-44(48-45)31-17-8-3-9-18-31/h1-28H. The second kappa shape index (κ2) is 11.4. The minimum atomic E-state index is 0.564. The first-order valence-corrected chi connectivity index (χ1v) is 16.7. The molecule has 0 unspecified atom stereocenters. The Balaban J connectivity index is 1.21. The van der Waals surface area contributed by atoms with E-state index in [0.29, 0.717) is 17.6 Å². The molecule has 0 amide bonds. The molecule has 0 saturated carbocycles. The van der Waals surface area contributed by atoms with Crippen molar-refractivity contribution in [2.24, 2.45) is 0 Å². The molecule has 0 radical (unpaired) electrons. The summed E-state index contributed by atoms with van der Waals surface area (Å²) in [5.41, 5.74) is 10.0. The van der Waals surface area contributed by atoms with Gasteiger partial charge in [-0.2, -0.15) is 9.97 Å². The molecule has 3 aromatic heterocycles. The minimum absolute atomic E-state index is 0.564. The second-order valence-corrected chi connectivity index (χ2v) is 12.5. The number of furan rings is 1. The molecule has 5 heteroatoms. The van der Waals surface area contributed by atoms with E-state index in [0.717, 1.165) is 71.6 Å². The van der Waals surface area contributed by atoms with Gasteiger partial charge in [-0.15, -0.1) is 0 Å². The van der Waals surface area contributed by atoms with Crippen LogP contribution in [0.1, 0.15) is 0 Å². The van der Waals surface area contributed by atoms with Gasteiger partial charge in [0.05, 0.1) is 11.0 Å². The quantitative estimate of drug-likeness (QED) is 0.188. The molecule has 0 aliphatic heterocycles. The summed E-state index contributed by atoms with van der Waals surface area (Å²) in [7, 11) is 0. The van der Waals surface area contributed by atoms with E-state index in [2.05, 4.69) is 108 Å². The Morgan fingerprint density at radius 2 is 0.920 bits per heavy atom. The molecular weight excluding hydrogens is 613 g/mol. The van der Waals surface area contributed by atoms with E-state index >= 15 is 0 Å². The lowest BCUT2D eigenvalue weighted by molar-refractivity contribution is 0.669. The van der Waals surface area contributed by atoms with Crippen molar-refractivity contribution in [3.63, 3.8) is 0 Å². The van der Waals surface area contributed by atoms with Crippen LogP contribution in [0.4, 0.5) is 0 Å². The number of hydrogen-bond acceptors (Lipinski definition) is 4. The van der Waals surface area contributed by atoms with Crippen molar-refractivity contribution in [1.29, 1.82) is 0 Å². The van der Waals surface area contributed by atoms with Crippen LogP contribution in [-0.2, 0) is 0 Å². The molecule has 0 fully saturated rings. The molecule has 0 aliphatic rings. The lowest BCUT2D eigenvalue weighted by atomic mass is 10.00. The molecule has 0 saturated heterocycles. The molecule has 0 aliphatic carbocycles. The predicted octanol–water partition coefficient (Wildman–Crippen LogP) is 11.5. The highest BCUT2D eigenvalue weighted by atomic mass is 16.3. The van der Waals surface area contributed by atoms with E-state index in [-0.39, 0.29) is 0 Å². The van der Waals surface area contributed by atoms with Gasteiger partial charge in [0.2, 0.25) is 5.95 Å². The molecule has 3 heterocycles. The van der Waals surface area contributed by atoms with Gasteiger partial charge in [-0.05, 0) is 47.0 Å². The third-order valence-corrected chi connectivity index (χ3v) is 9.47. The second-order valence-electron chi connectivity index (χ2n) is 12.5. The maximum atomic E-state index is 6.55. The van der Waals surface area contributed by atoms with Crippen LogP contribution in [0.5, 0.6) is 0 Å². The van der Waals surface area contributed by atoms with Crippen LogP contribution in [0, 0.1) is 0 Å². The first-order valence-electron chi connectivity index (χ1n) is 16.7. The summed E-state index contributed by atoms with van der Waals surface area (Å²) in [5, 5.41) is 4.45. The van der Waals surface area contributed by atoms with Gasteiger partial charge in [-0.25, -0.2) is 4.98 Å². The Bertz CT molecular complexity index is 2800. The Morgan fingerprint density at radius 3 is 1.58 bits per heavy atom. The number of aromatic nitrogens is 4. The van der Waals surface area contributed by atoms with Crippen LogP contribution < -0.4 is 0 Å². The van der Waals surface area contributed by atoms with Crippen LogP contribution in [0.25, 0.3) is 94.7 Å². The molecule has 234 valence electrons. The Morgan fingerprint density at radius 1 is 0.380 bits per heavy atom. The number of hydrogen-bond donors (Lipinski definition) is 0. The lowest BCUT2D eigenvalue weighted by Gasteiger charge is -2.13. The van der Waals surface area contributed by atoms with Crippen molar-refractivity contribution in [2.45, 2.75) is 0 Å². The maximum absolute atomic E-state index is 6.55. The third kappa shape index (κ3) is 4.60. The first kappa shape index (κ1) is 28.2. The summed E-state index contributed by atoms with van der Waals surface area (Å²) in [5.74, 6) is 1.81. The molecule has 0 atom stereocenters. The SMILES string of the molecule is c1ccc(-c2ccc3c(c2)oc2cc(-c4cccc5c6ccccc6n(-c6nc(-c7ccccc7)nc(-c7ccccc7)n6)c45)ccc23)cc1. The number of rotatable bonds is 5. The summed E-state index contributed by atoms with van der Waals surface area (Å²) in [6, 6.07) is 58.5. The summed E-state index contributed by atoms with van der Waals surface area (Å²) < 4.78 is 8.74. The summed E-state index contributed by atoms with van der Waals surface area (Å²) >= 11 is 0. The minimum Gasteiger partial charge on any atom is -0.456 e. The molecule has 0 N–H and O–H groups in total. The fourth-order valence-corrected chi connectivity index (χ4v) is 7.11. The number of fused-ring (bicyclic) bond motifs is 6. The van der Waals surface area contributed by atoms with Gasteiger partial charge in [-0.1, -0.05) is 140 Å². The van der Waals surface area contributed by atoms with Gasteiger partial charge in [0.25, 0.3) is 0 Å². The molecule has 10 aromatic rings. The van der Waals surface area contributed by atoms with Crippen molar-refractivity contribution >= 4 is 43.7 Å². The molecule has 0 bridgehead atoms. The number of benzene rings is 7. The van der Waals surface area contributed by atoms with Crippen LogP contribution in [0.2, 0.25) is 0 Å². The predicted molar refractivity (Wildman–Crippen MR) is 203 cm³/mol. The molecular formula is C45H28N4O. The van der Waals surface area contributed by atoms with Gasteiger partial charge < -0.3 is 4.42 Å². The summed E-state index contributed by atoms with van der Waals surface area (Å²) in [6.07, 6.45) is 0. The summed E-state index contributed by atoms with van der Waals surface area (Å²) in [4.78, 5) is 15.2. The van der Waals surface area contributed by atoms with E-state index in [1.54, 1.807) is 0 Å². The average Bonchev–Trinajstić information content (AvgIpc) is 3.74. The van der Waals surface area contributed by atoms with Crippen LogP contribution >= 0.6 is 0 Å². The van der Waals surface area contributed by atoms with E-state index in [4.69, 9.17) is 19.4 Å². The summed E-state index contributed by atoms with van der Waals surface area (Å²) in [6.45, 7) is 0. The smallest absolute Gasteiger partial charge is 0.238 e. The Hall–Kier alpha value is -6.85. The van der Waals surface area contributed by atoms with Gasteiger partial charge in [0, 0.05) is 38.2 Å². The van der Waals surface area contributed by atoms with Crippen molar-refractivity contribution in [3.8, 4) is 51.0 Å². The zero-order valence-electron chi connectivity index (χ0n) is 26.9. The molecule has 50 heavy (non-hydrogen) atoms. The fourth-order valence-electron chi connectivity index (χ4n) is 7.11. The monoisotopic (exact) mass is 640 g/mol. The Labute approximate surface area is 287 Å². The van der Waals surface area contributed by atoms with E-state index < -0.39 is 0 Å². The first-order chi connectivity index (χ1) is 24.8. The zero-order chi connectivity index (χ0) is 33.0. The van der Waals surface area contributed by atoms with Crippen LogP contribution in [-0.4, -0.2) is 19.5 Å². The van der Waals surface area contributed by atoms with Gasteiger partial charge >= 0.3 is 0 Å². The van der Waals surface area contributed by atoms with E-state index in [1.165, 1.54) is 5.56 Å². The Kier molecular flexibility index (Phi) is 6.42. The van der Waals surface area contributed by atoms with E-state index in [9.17, 15) is 0 Å². The molecule has 10 rings (SSSR count).